The third-order valence-electron chi connectivity index (χ3n) is 6.06. The van der Waals surface area contributed by atoms with E-state index >= 15 is 0 Å². The first-order valence-electron chi connectivity index (χ1n) is 11.5. The van der Waals surface area contributed by atoms with Crippen LogP contribution in [-0.2, 0) is 4.74 Å². The number of anilines is 2. The Morgan fingerprint density at radius 1 is 0.939 bits per heavy atom. The minimum Gasteiger partial charge on any atom is -0.453 e. The van der Waals surface area contributed by atoms with Crippen LogP contribution in [0.15, 0.2) is 67.0 Å². The van der Waals surface area contributed by atoms with Crippen LogP contribution in [0.1, 0.15) is 33.6 Å². The van der Waals surface area contributed by atoms with E-state index in [-0.39, 0.29) is 12.1 Å². The molecule has 0 unspecified atom stereocenters. The average molecular weight is 444 g/mol. The highest BCUT2D eigenvalue weighted by atomic mass is 16.6. The smallest absolute Gasteiger partial charge is 0.410 e. The Labute approximate surface area is 194 Å². The van der Waals surface area contributed by atoms with Crippen LogP contribution in [-0.4, -0.2) is 40.7 Å². The number of hydrogen-bond acceptors (Lipinski definition) is 5. The maximum Gasteiger partial charge on any atom is 0.410 e. The van der Waals surface area contributed by atoms with Crippen LogP contribution in [0.5, 0.6) is 11.5 Å². The number of nitrogens with zero attached hydrogens (tertiary/aromatic N) is 3. The number of ether oxygens (including phenoxy) is 2. The van der Waals surface area contributed by atoms with Gasteiger partial charge >= 0.3 is 6.09 Å². The molecule has 0 radical (unpaired) electrons. The average Bonchev–Trinajstić information content (AvgIpc) is 2.82. The van der Waals surface area contributed by atoms with Gasteiger partial charge in [-0.25, -0.2) is 4.79 Å². The van der Waals surface area contributed by atoms with E-state index in [9.17, 15) is 4.79 Å². The summed E-state index contributed by atoms with van der Waals surface area (Å²) in [5.41, 5.74) is 3.84. The van der Waals surface area contributed by atoms with Crippen molar-refractivity contribution in [2.75, 3.05) is 18.0 Å². The van der Waals surface area contributed by atoms with Crippen molar-refractivity contribution in [2.45, 2.75) is 45.3 Å². The molecule has 2 aliphatic heterocycles. The van der Waals surface area contributed by atoms with E-state index in [0.717, 1.165) is 46.8 Å². The lowest BCUT2D eigenvalue weighted by molar-refractivity contribution is 0.0206. The molecule has 0 aliphatic carbocycles. The standard InChI is InChI=1S/C27H29N3O3/c1-27(2,3)33-26(31)29-16-12-21(13-17-29)30-22-6-4-5-7-24(22)32-25-18-20(8-9-23(25)30)19-10-14-28-15-11-19/h4-11,14-15,18,21H,12-13,16-17H2,1-3H3. The molecule has 0 spiro atoms. The maximum atomic E-state index is 12.5. The highest BCUT2D eigenvalue weighted by Crippen LogP contribution is 2.49. The van der Waals surface area contributed by atoms with Gasteiger partial charge in [-0.3, -0.25) is 4.98 Å². The molecule has 3 aromatic rings. The number of rotatable bonds is 2. The summed E-state index contributed by atoms with van der Waals surface area (Å²) in [6.45, 7) is 7.05. The molecule has 0 bridgehead atoms. The van der Waals surface area contributed by atoms with Gasteiger partial charge in [0.2, 0.25) is 0 Å². The second-order valence-electron chi connectivity index (χ2n) is 9.56. The van der Waals surface area contributed by atoms with E-state index in [4.69, 9.17) is 9.47 Å². The van der Waals surface area contributed by atoms with Crippen LogP contribution in [0.3, 0.4) is 0 Å². The number of carbonyl (C=O) groups is 1. The highest BCUT2D eigenvalue weighted by Gasteiger charge is 2.34. The molecule has 5 rings (SSSR count). The normalized spacial score (nSPS) is 16.0. The first kappa shape index (κ1) is 21.3. The fourth-order valence-corrected chi connectivity index (χ4v) is 4.54. The summed E-state index contributed by atoms with van der Waals surface area (Å²) >= 11 is 0. The van der Waals surface area contributed by atoms with Crippen molar-refractivity contribution in [2.24, 2.45) is 0 Å². The molecular formula is C27H29N3O3. The molecule has 0 atom stereocenters. The van der Waals surface area contributed by atoms with Crippen molar-refractivity contribution in [1.82, 2.24) is 9.88 Å². The lowest BCUT2D eigenvalue weighted by atomic mass is 9.98. The lowest BCUT2D eigenvalue weighted by Gasteiger charge is -2.42. The van der Waals surface area contributed by atoms with Gasteiger partial charge in [-0.15, -0.1) is 0 Å². The lowest BCUT2D eigenvalue weighted by Crippen LogP contribution is -2.47. The van der Waals surface area contributed by atoms with Crippen LogP contribution in [0.4, 0.5) is 16.2 Å². The van der Waals surface area contributed by atoms with Crippen molar-refractivity contribution in [1.29, 1.82) is 0 Å². The third-order valence-corrected chi connectivity index (χ3v) is 6.06. The monoisotopic (exact) mass is 443 g/mol. The molecule has 33 heavy (non-hydrogen) atoms. The zero-order valence-corrected chi connectivity index (χ0v) is 19.3. The molecule has 1 aromatic heterocycles. The van der Waals surface area contributed by atoms with E-state index in [1.165, 1.54) is 0 Å². The number of hydrogen-bond donors (Lipinski definition) is 0. The Morgan fingerprint density at radius 2 is 1.64 bits per heavy atom. The summed E-state index contributed by atoms with van der Waals surface area (Å²) in [4.78, 5) is 20.9. The van der Waals surface area contributed by atoms with Gasteiger partial charge in [-0.2, -0.15) is 0 Å². The Hall–Kier alpha value is -3.54. The molecule has 1 fully saturated rings. The van der Waals surface area contributed by atoms with Gasteiger partial charge in [0.25, 0.3) is 0 Å². The number of pyridine rings is 1. The summed E-state index contributed by atoms with van der Waals surface area (Å²) in [6.07, 6.45) is 5.09. The molecule has 1 saturated heterocycles. The number of fused-ring (bicyclic) bond motifs is 2. The van der Waals surface area contributed by atoms with Gasteiger partial charge in [0.05, 0.1) is 11.4 Å². The van der Waals surface area contributed by atoms with E-state index in [1.807, 2.05) is 56.0 Å². The van der Waals surface area contributed by atoms with Crippen molar-refractivity contribution in [3.63, 3.8) is 0 Å². The van der Waals surface area contributed by atoms with Crippen molar-refractivity contribution >= 4 is 17.5 Å². The fraction of sp³-hybridized carbons (Fsp3) is 0.333. The second-order valence-corrected chi connectivity index (χ2v) is 9.56. The first-order valence-corrected chi connectivity index (χ1v) is 11.5. The van der Waals surface area contributed by atoms with Crippen LogP contribution in [0, 0.1) is 0 Å². The minimum atomic E-state index is -0.484. The summed E-state index contributed by atoms with van der Waals surface area (Å²) in [5.74, 6) is 1.70. The number of likely N-dealkylation sites (tertiary alicyclic amines) is 1. The van der Waals surface area contributed by atoms with Crippen LogP contribution in [0.25, 0.3) is 11.1 Å². The maximum absolute atomic E-state index is 12.5. The minimum absolute atomic E-state index is 0.231. The third kappa shape index (κ3) is 4.38. The zero-order chi connectivity index (χ0) is 23.0. The van der Waals surface area contributed by atoms with Gasteiger partial charge in [-0.1, -0.05) is 18.2 Å². The van der Waals surface area contributed by atoms with Crippen molar-refractivity contribution in [3.05, 3.63) is 67.0 Å². The van der Waals surface area contributed by atoms with Gasteiger partial charge < -0.3 is 19.3 Å². The Balaban J connectivity index is 1.42. The number of carbonyl (C=O) groups excluding carboxylic acids is 1. The van der Waals surface area contributed by atoms with E-state index in [1.54, 1.807) is 12.4 Å². The van der Waals surface area contributed by atoms with E-state index in [0.29, 0.717) is 13.1 Å². The fourth-order valence-electron chi connectivity index (χ4n) is 4.54. The molecule has 0 saturated carbocycles. The Kier molecular flexibility index (Phi) is 5.44. The number of piperidine rings is 1. The van der Waals surface area contributed by atoms with Gasteiger partial charge in [0, 0.05) is 31.5 Å². The van der Waals surface area contributed by atoms with Crippen molar-refractivity contribution < 1.29 is 14.3 Å². The van der Waals surface area contributed by atoms with Gasteiger partial charge in [0.1, 0.15) is 5.60 Å². The second kappa shape index (κ2) is 8.43. The first-order chi connectivity index (χ1) is 15.9. The molecule has 2 aromatic carbocycles. The van der Waals surface area contributed by atoms with Gasteiger partial charge in [-0.05, 0) is 81.1 Å². The molecule has 2 aliphatic rings. The summed E-state index contributed by atoms with van der Waals surface area (Å²) in [6, 6.07) is 18.8. The van der Waals surface area contributed by atoms with Crippen LogP contribution in [0.2, 0.25) is 0 Å². The summed E-state index contributed by atoms with van der Waals surface area (Å²) in [5, 5.41) is 0. The Morgan fingerprint density at radius 3 is 2.36 bits per heavy atom. The quantitative estimate of drug-likeness (QED) is 0.459. The summed E-state index contributed by atoms with van der Waals surface area (Å²) < 4.78 is 11.9. The predicted octanol–water partition coefficient (Wildman–Crippen LogP) is 6.39. The highest BCUT2D eigenvalue weighted by molar-refractivity contribution is 5.81. The number of amides is 1. The molecule has 1 amide bonds. The number of aromatic nitrogens is 1. The molecule has 6 heteroatoms. The van der Waals surface area contributed by atoms with Crippen LogP contribution < -0.4 is 9.64 Å². The summed E-state index contributed by atoms with van der Waals surface area (Å²) in [7, 11) is 0. The SMILES string of the molecule is CC(C)(C)OC(=O)N1CCC(N2c3ccccc3Oc3cc(-c4ccncc4)ccc32)CC1. The van der Waals surface area contributed by atoms with E-state index < -0.39 is 5.60 Å². The van der Waals surface area contributed by atoms with E-state index in [2.05, 4.69) is 34.1 Å². The Bertz CT molecular complexity index is 1150. The molecular weight excluding hydrogens is 414 g/mol. The van der Waals surface area contributed by atoms with Crippen LogP contribution >= 0.6 is 0 Å². The zero-order valence-electron chi connectivity index (χ0n) is 19.3. The topological polar surface area (TPSA) is 54.9 Å². The predicted molar refractivity (Wildman–Crippen MR) is 129 cm³/mol. The molecule has 3 heterocycles. The number of benzene rings is 2. The largest absolute Gasteiger partial charge is 0.453 e. The molecule has 6 nitrogen and oxygen atoms in total. The number of para-hydroxylation sites is 2. The van der Waals surface area contributed by atoms with Gasteiger partial charge in [0.15, 0.2) is 11.5 Å². The molecule has 170 valence electrons. The van der Waals surface area contributed by atoms with Crippen molar-refractivity contribution in [3.8, 4) is 22.6 Å². The molecule has 0 N–H and O–H groups in total.